The quantitative estimate of drug-likeness (QED) is 0.713. The van der Waals surface area contributed by atoms with Crippen molar-refractivity contribution in [3.8, 4) is 0 Å². The number of nitrogens with zero attached hydrogens (tertiary/aromatic N) is 4. The van der Waals surface area contributed by atoms with Crippen LogP contribution in [-0.4, -0.2) is 19.3 Å². The van der Waals surface area contributed by atoms with Gasteiger partial charge in [0.2, 0.25) is 0 Å². The van der Waals surface area contributed by atoms with Crippen LogP contribution in [0.4, 0.5) is 0 Å². The second kappa shape index (κ2) is 4.68. The molecule has 0 bridgehead atoms. The first-order valence-electron chi connectivity index (χ1n) is 6.18. The highest BCUT2D eigenvalue weighted by Gasteiger charge is 2.03. The Kier molecular flexibility index (Phi) is 2.87. The van der Waals surface area contributed by atoms with E-state index < -0.39 is 0 Å². The summed E-state index contributed by atoms with van der Waals surface area (Å²) in [6.45, 7) is 3.20. The van der Waals surface area contributed by atoms with Gasteiger partial charge in [0, 0.05) is 24.7 Å². The number of benzene rings is 1. The van der Waals surface area contributed by atoms with Crippen LogP contribution in [-0.2, 0) is 13.1 Å². The molecule has 5 heteroatoms. The largest absolute Gasteiger partial charge is 0.316 e. The van der Waals surface area contributed by atoms with Gasteiger partial charge in [-0.05, 0) is 24.4 Å². The highest BCUT2D eigenvalue weighted by Crippen LogP contribution is 2.08. The zero-order valence-corrected chi connectivity index (χ0v) is 10.7. The molecule has 0 amide bonds. The summed E-state index contributed by atoms with van der Waals surface area (Å²) in [6.07, 6.45) is 3.52. The molecule has 96 valence electrons. The molecule has 0 saturated heterocycles. The van der Waals surface area contributed by atoms with Crippen molar-refractivity contribution in [2.75, 3.05) is 0 Å². The molecule has 19 heavy (non-hydrogen) atoms. The van der Waals surface area contributed by atoms with Gasteiger partial charge in [-0.2, -0.15) is 0 Å². The average Bonchev–Trinajstić information content (AvgIpc) is 2.84. The molecule has 0 spiro atoms. The molecule has 0 aliphatic carbocycles. The lowest BCUT2D eigenvalue weighted by molar-refractivity contribution is 0.557. The van der Waals surface area contributed by atoms with Crippen LogP contribution in [0.3, 0.4) is 0 Å². The fourth-order valence-corrected chi connectivity index (χ4v) is 2.15. The smallest absolute Gasteiger partial charge is 0.258 e. The molecule has 0 saturated carbocycles. The van der Waals surface area contributed by atoms with Gasteiger partial charge in [-0.3, -0.25) is 4.79 Å². The molecule has 0 radical (unpaired) electrons. The maximum absolute atomic E-state index is 12.3. The number of rotatable bonds is 3. The summed E-state index contributed by atoms with van der Waals surface area (Å²) in [5.74, 6) is 0.855. The summed E-state index contributed by atoms with van der Waals surface area (Å²) in [5.41, 5.74) is 0.0452. The fourth-order valence-electron chi connectivity index (χ4n) is 2.15. The molecule has 0 N–H and O–H groups in total. The Morgan fingerprint density at radius 3 is 2.68 bits per heavy atom. The Morgan fingerprint density at radius 2 is 1.89 bits per heavy atom. The van der Waals surface area contributed by atoms with E-state index in [0.717, 1.165) is 16.6 Å². The van der Waals surface area contributed by atoms with Crippen LogP contribution in [0, 0.1) is 6.92 Å². The third-order valence-corrected chi connectivity index (χ3v) is 3.28. The second-order valence-corrected chi connectivity index (χ2v) is 4.47. The van der Waals surface area contributed by atoms with E-state index in [9.17, 15) is 4.79 Å². The van der Waals surface area contributed by atoms with Crippen molar-refractivity contribution in [1.82, 2.24) is 19.3 Å². The second-order valence-electron chi connectivity index (χ2n) is 4.47. The number of pyridine rings is 1. The third kappa shape index (κ3) is 2.14. The Morgan fingerprint density at radius 1 is 1.11 bits per heavy atom. The minimum Gasteiger partial charge on any atom is -0.316 e. The number of hydrogen-bond donors (Lipinski definition) is 0. The maximum Gasteiger partial charge on any atom is 0.258 e. The van der Waals surface area contributed by atoms with Crippen LogP contribution in [0.1, 0.15) is 5.82 Å². The standard InChI is InChI=1S/C14H14N4O/c1-11-16-15-10-18(11)9-8-17-7-6-12-4-2-3-5-13(12)14(17)19/h2-7,10H,8-9H2,1H3. The molecule has 3 rings (SSSR count). The van der Waals surface area contributed by atoms with Crippen molar-refractivity contribution in [2.45, 2.75) is 20.0 Å². The van der Waals surface area contributed by atoms with E-state index in [1.54, 1.807) is 10.9 Å². The summed E-state index contributed by atoms with van der Waals surface area (Å²) < 4.78 is 3.66. The topological polar surface area (TPSA) is 52.7 Å². The fraction of sp³-hybridized carbons (Fsp3) is 0.214. The molecular weight excluding hydrogens is 240 g/mol. The number of aromatic nitrogens is 4. The van der Waals surface area contributed by atoms with Gasteiger partial charge in [-0.25, -0.2) is 0 Å². The van der Waals surface area contributed by atoms with Crippen LogP contribution >= 0.6 is 0 Å². The minimum absolute atomic E-state index is 0.0452. The van der Waals surface area contributed by atoms with E-state index in [1.165, 1.54) is 0 Å². The molecule has 0 aliphatic rings. The van der Waals surface area contributed by atoms with Gasteiger partial charge in [0.15, 0.2) is 0 Å². The van der Waals surface area contributed by atoms with Crippen molar-refractivity contribution in [3.05, 3.63) is 59.0 Å². The van der Waals surface area contributed by atoms with Gasteiger partial charge in [0.1, 0.15) is 12.2 Å². The first-order chi connectivity index (χ1) is 9.25. The maximum atomic E-state index is 12.3. The predicted molar refractivity (Wildman–Crippen MR) is 73.0 cm³/mol. The van der Waals surface area contributed by atoms with Crippen molar-refractivity contribution >= 4 is 10.8 Å². The lowest BCUT2D eigenvalue weighted by Crippen LogP contribution is -2.22. The van der Waals surface area contributed by atoms with E-state index >= 15 is 0 Å². The predicted octanol–water partition coefficient (Wildman–Crippen LogP) is 1.60. The van der Waals surface area contributed by atoms with E-state index in [-0.39, 0.29) is 5.56 Å². The van der Waals surface area contributed by atoms with Crippen LogP contribution in [0.5, 0.6) is 0 Å². The SMILES string of the molecule is Cc1nncn1CCn1ccc2ccccc2c1=O. The van der Waals surface area contributed by atoms with Crippen molar-refractivity contribution in [1.29, 1.82) is 0 Å². The molecule has 2 heterocycles. The highest BCUT2D eigenvalue weighted by atomic mass is 16.1. The normalized spacial score (nSPS) is 11.0. The summed E-state index contributed by atoms with van der Waals surface area (Å²) in [5, 5.41) is 9.49. The van der Waals surface area contributed by atoms with Gasteiger partial charge in [0.25, 0.3) is 5.56 Å². The van der Waals surface area contributed by atoms with Gasteiger partial charge < -0.3 is 9.13 Å². The molecule has 1 aromatic carbocycles. The van der Waals surface area contributed by atoms with E-state index in [0.29, 0.717) is 13.1 Å². The van der Waals surface area contributed by atoms with Gasteiger partial charge in [0.05, 0.1) is 0 Å². The van der Waals surface area contributed by atoms with Crippen molar-refractivity contribution in [3.63, 3.8) is 0 Å². The van der Waals surface area contributed by atoms with Crippen molar-refractivity contribution < 1.29 is 0 Å². The van der Waals surface area contributed by atoms with Gasteiger partial charge in [-0.1, -0.05) is 18.2 Å². The summed E-state index contributed by atoms with van der Waals surface area (Å²) in [7, 11) is 0. The molecular formula is C14H14N4O. The van der Waals surface area contributed by atoms with E-state index in [2.05, 4.69) is 10.2 Å². The average molecular weight is 254 g/mol. The van der Waals surface area contributed by atoms with E-state index in [4.69, 9.17) is 0 Å². The highest BCUT2D eigenvalue weighted by molar-refractivity contribution is 5.81. The molecule has 5 nitrogen and oxygen atoms in total. The summed E-state index contributed by atoms with van der Waals surface area (Å²) in [4.78, 5) is 12.3. The Labute approximate surface area is 110 Å². The zero-order chi connectivity index (χ0) is 13.2. The molecule has 0 atom stereocenters. The molecule has 0 aliphatic heterocycles. The Bertz CT molecular complexity index is 772. The Hall–Kier alpha value is -2.43. The lowest BCUT2D eigenvalue weighted by Gasteiger charge is -2.08. The van der Waals surface area contributed by atoms with Crippen molar-refractivity contribution in [2.24, 2.45) is 0 Å². The zero-order valence-electron chi connectivity index (χ0n) is 10.7. The van der Waals surface area contributed by atoms with Crippen LogP contribution in [0.25, 0.3) is 10.8 Å². The number of hydrogen-bond acceptors (Lipinski definition) is 3. The number of fused-ring (bicyclic) bond motifs is 1. The molecule has 0 unspecified atom stereocenters. The molecule has 0 fully saturated rings. The number of aryl methyl sites for hydroxylation is 3. The summed E-state index contributed by atoms with van der Waals surface area (Å²) >= 11 is 0. The third-order valence-electron chi connectivity index (χ3n) is 3.28. The first kappa shape index (κ1) is 11.6. The van der Waals surface area contributed by atoms with Crippen LogP contribution in [0.2, 0.25) is 0 Å². The first-order valence-corrected chi connectivity index (χ1v) is 6.18. The Balaban J connectivity index is 1.92. The summed E-state index contributed by atoms with van der Waals surface area (Å²) in [6, 6.07) is 9.60. The van der Waals surface area contributed by atoms with Gasteiger partial charge >= 0.3 is 0 Å². The lowest BCUT2D eigenvalue weighted by atomic mass is 10.2. The van der Waals surface area contributed by atoms with Crippen LogP contribution < -0.4 is 5.56 Å². The molecule has 3 aromatic rings. The van der Waals surface area contributed by atoms with Crippen LogP contribution in [0.15, 0.2) is 47.7 Å². The van der Waals surface area contributed by atoms with E-state index in [1.807, 2.05) is 48.0 Å². The van der Waals surface area contributed by atoms with Gasteiger partial charge in [-0.15, -0.1) is 10.2 Å². The molecule has 2 aromatic heterocycles. The minimum atomic E-state index is 0.0452. The monoisotopic (exact) mass is 254 g/mol.